The average molecular weight is 455 g/mol. The van der Waals surface area contributed by atoms with Crippen LogP contribution < -0.4 is 0 Å². The molecule has 2 heterocycles. The summed E-state index contributed by atoms with van der Waals surface area (Å²) in [5.74, 6) is 0.641. The Bertz CT molecular complexity index is 1220. The number of non-ortho nitro benzene ring substituents is 1. The summed E-state index contributed by atoms with van der Waals surface area (Å²) in [5.41, 5.74) is 1.27. The van der Waals surface area contributed by atoms with Gasteiger partial charge >= 0.3 is 0 Å². The summed E-state index contributed by atoms with van der Waals surface area (Å²) in [5, 5.41) is 16.1. The summed E-state index contributed by atoms with van der Waals surface area (Å²) in [7, 11) is -3.50. The predicted molar refractivity (Wildman–Crippen MR) is 118 cm³/mol. The highest BCUT2D eigenvalue weighted by Gasteiger charge is 2.26. The largest absolute Gasteiger partial charge is 0.338 e. The van der Waals surface area contributed by atoms with Crippen LogP contribution in [0.1, 0.15) is 11.5 Å². The zero-order chi connectivity index (χ0) is 22.6. The first-order valence-corrected chi connectivity index (χ1v) is 11.4. The quantitative estimate of drug-likeness (QED) is 0.394. The van der Waals surface area contributed by atoms with Crippen molar-refractivity contribution in [2.75, 3.05) is 26.2 Å². The van der Waals surface area contributed by atoms with Gasteiger partial charge in [0.1, 0.15) is 0 Å². The molecule has 0 bridgehead atoms. The second kappa shape index (κ2) is 9.39. The number of nitro groups is 1. The maximum Gasteiger partial charge on any atom is 0.270 e. The molecule has 0 radical (unpaired) electrons. The van der Waals surface area contributed by atoms with Crippen molar-refractivity contribution < 1.29 is 17.9 Å². The lowest BCUT2D eigenvalue weighted by Gasteiger charge is -2.32. The summed E-state index contributed by atoms with van der Waals surface area (Å²) in [6.07, 6.45) is 1.59. The summed E-state index contributed by atoms with van der Waals surface area (Å²) in [6.45, 7) is 2.12. The Morgan fingerprint density at radius 2 is 1.81 bits per heavy atom. The molecule has 1 aliphatic heterocycles. The molecule has 0 aliphatic carbocycles. The Balaban J connectivity index is 1.34. The Hall–Kier alpha value is -3.41. The topological polar surface area (TPSA) is 123 Å². The van der Waals surface area contributed by atoms with Gasteiger partial charge in [-0.1, -0.05) is 47.6 Å². The summed E-state index contributed by atoms with van der Waals surface area (Å²) >= 11 is 0. The SMILES string of the molecule is O=[N+]([O-])c1cccc(-c2noc(CN3CCN(S(=O)(=O)/C=C/c4ccccc4)CC3)n2)c1. The fourth-order valence-corrected chi connectivity index (χ4v) is 4.52. The standard InChI is InChI=1S/C21H21N5O5S/c27-26(28)19-8-4-7-18(15-19)21-22-20(31-23-21)16-24-10-12-25(13-11-24)32(29,30)14-9-17-5-2-1-3-6-17/h1-9,14-15H,10-13,16H2/b14-9+. The van der Waals surface area contributed by atoms with Crippen molar-refractivity contribution in [1.82, 2.24) is 19.3 Å². The van der Waals surface area contributed by atoms with Crippen LogP contribution in [0.3, 0.4) is 0 Å². The molecule has 0 atom stereocenters. The summed E-state index contributed by atoms with van der Waals surface area (Å²) in [6, 6.07) is 15.3. The van der Waals surface area contributed by atoms with Crippen LogP contribution in [-0.4, -0.2) is 58.9 Å². The van der Waals surface area contributed by atoms with Gasteiger partial charge in [-0.05, 0) is 11.6 Å². The lowest BCUT2D eigenvalue weighted by molar-refractivity contribution is -0.384. The molecule has 0 unspecified atom stereocenters. The van der Waals surface area contributed by atoms with E-state index in [0.717, 1.165) is 5.56 Å². The van der Waals surface area contributed by atoms with Gasteiger partial charge in [0, 0.05) is 49.3 Å². The molecule has 11 heteroatoms. The maximum absolute atomic E-state index is 12.6. The van der Waals surface area contributed by atoms with Gasteiger partial charge in [0.25, 0.3) is 5.69 Å². The molecule has 1 aromatic heterocycles. The molecule has 4 rings (SSSR count). The zero-order valence-corrected chi connectivity index (χ0v) is 17.9. The van der Waals surface area contributed by atoms with E-state index in [0.29, 0.717) is 44.2 Å². The highest BCUT2D eigenvalue weighted by molar-refractivity contribution is 7.92. The second-order valence-corrected chi connectivity index (χ2v) is 9.07. The van der Waals surface area contributed by atoms with Crippen LogP contribution in [0.5, 0.6) is 0 Å². The normalized spacial score (nSPS) is 15.9. The van der Waals surface area contributed by atoms with E-state index in [2.05, 4.69) is 10.1 Å². The molecule has 0 spiro atoms. The predicted octanol–water partition coefficient (Wildman–Crippen LogP) is 2.76. The summed E-state index contributed by atoms with van der Waals surface area (Å²) in [4.78, 5) is 16.8. The van der Waals surface area contributed by atoms with E-state index in [9.17, 15) is 18.5 Å². The Morgan fingerprint density at radius 3 is 2.53 bits per heavy atom. The van der Waals surface area contributed by atoms with Crippen molar-refractivity contribution in [2.45, 2.75) is 6.54 Å². The Morgan fingerprint density at radius 1 is 1.06 bits per heavy atom. The highest BCUT2D eigenvalue weighted by Crippen LogP contribution is 2.22. The number of rotatable bonds is 7. The van der Waals surface area contributed by atoms with Crippen molar-refractivity contribution in [3.05, 3.63) is 81.6 Å². The minimum absolute atomic E-state index is 0.0486. The van der Waals surface area contributed by atoms with Gasteiger partial charge in [0.15, 0.2) is 0 Å². The molecule has 10 nitrogen and oxygen atoms in total. The summed E-state index contributed by atoms with van der Waals surface area (Å²) < 4.78 is 31.9. The minimum Gasteiger partial charge on any atom is -0.338 e. The molecular weight excluding hydrogens is 434 g/mol. The van der Waals surface area contributed by atoms with Crippen LogP contribution in [0, 0.1) is 10.1 Å². The van der Waals surface area contributed by atoms with E-state index in [-0.39, 0.29) is 11.5 Å². The van der Waals surface area contributed by atoms with E-state index in [4.69, 9.17) is 4.52 Å². The molecule has 0 saturated carbocycles. The fourth-order valence-electron chi connectivity index (χ4n) is 3.34. The van der Waals surface area contributed by atoms with Crippen molar-refractivity contribution in [3.63, 3.8) is 0 Å². The molecule has 0 N–H and O–H groups in total. The highest BCUT2D eigenvalue weighted by atomic mass is 32.2. The molecule has 2 aromatic carbocycles. The van der Waals surface area contributed by atoms with Crippen LogP contribution in [-0.2, 0) is 16.6 Å². The lowest BCUT2D eigenvalue weighted by atomic mass is 10.2. The minimum atomic E-state index is -3.50. The third-order valence-corrected chi connectivity index (χ3v) is 6.63. The third-order valence-electron chi connectivity index (χ3n) is 5.07. The van der Waals surface area contributed by atoms with Crippen LogP contribution >= 0.6 is 0 Å². The number of nitrogens with zero attached hydrogens (tertiary/aromatic N) is 5. The number of benzene rings is 2. The van der Waals surface area contributed by atoms with Crippen molar-refractivity contribution in [3.8, 4) is 11.4 Å². The van der Waals surface area contributed by atoms with Crippen LogP contribution in [0.2, 0.25) is 0 Å². The number of sulfonamides is 1. The second-order valence-electron chi connectivity index (χ2n) is 7.25. The molecule has 166 valence electrons. The first-order chi connectivity index (χ1) is 15.4. The van der Waals surface area contributed by atoms with Crippen LogP contribution in [0.15, 0.2) is 64.5 Å². The molecule has 0 amide bonds. The van der Waals surface area contributed by atoms with Gasteiger partial charge in [0.2, 0.25) is 21.7 Å². The monoisotopic (exact) mass is 455 g/mol. The Labute approximate surface area is 185 Å². The maximum atomic E-state index is 12.6. The molecule has 3 aromatic rings. The number of piperazine rings is 1. The van der Waals surface area contributed by atoms with E-state index >= 15 is 0 Å². The van der Waals surface area contributed by atoms with Gasteiger partial charge in [-0.3, -0.25) is 15.0 Å². The van der Waals surface area contributed by atoms with Gasteiger partial charge in [-0.15, -0.1) is 0 Å². The van der Waals surface area contributed by atoms with E-state index in [1.165, 1.54) is 21.8 Å². The smallest absolute Gasteiger partial charge is 0.270 e. The van der Waals surface area contributed by atoms with Crippen molar-refractivity contribution >= 4 is 21.8 Å². The lowest BCUT2D eigenvalue weighted by Crippen LogP contribution is -2.47. The first-order valence-electron chi connectivity index (χ1n) is 9.94. The van der Waals surface area contributed by atoms with Gasteiger partial charge in [-0.25, -0.2) is 8.42 Å². The number of hydrogen-bond acceptors (Lipinski definition) is 8. The van der Waals surface area contributed by atoms with E-state index < -0.39 is 14.9 Å². The Kier molecular flexibility index (Phi) is 6.40. The number of hydrogen-bond donors (Lipinski definition) is 0. The first kappa shape index (κ1) is 21.8. The molecule has 1 fully saturated rings. The average Bonchev–Trinajstić information content (AvgIpc) is 3.27. The van der Waals surface area contributed by atoms with Crippen LogP contribution in [0.4, 0.5) is 5.69 Å². The van der Waals surface area contributed by atoms with Crippen molar-refractivity contribution in [2.24, 2.45) is 0 Å². The number of nitro benzene ring substituents is 1. The molecule has 1 saturated heterocycles. The van der Waals surface area contributed by atoms with Crippen LogP contribution in [0.25, 0.3) is 17.5 Å². The molecular formula is C21H21N5O5S. The van der Waals surface area contributed by atoms with Gasteiger partial charge in [0.05, 0.1) is 11.5 Å². The fraction of sp³-hybridized carbons (Fsp3) is 0.238. The van der Waals surface area contributed by atoms with Crippen molar-refractivity contribution in [1.29, 1.82) is 0 Å². The number of aromatic nitrogens is 2. The van der Waals surface area contributed by atoms with Gasteiger partial charge in [-0.2, -0.15) is 9.29 Å². The van der Waals surface area contributed by atoms with E-state index in [1.807, 2.05) is 35.2 Å². The zero-order valence-electron chi connectivity index (χ0n) is 17.1. The molecule has 1 aliphatic rings. The third kappa shape index (κ3) is 5.25. The van der Waals surface area contributed by atoms with Gasteiger partial charge < -0.3 is 4.52 Å². The van der Waals surface area contributed by atoms with E-state index in [1.54, 1.807) is 18.2 Å². The molecule has 32 heavy (non-hydrogen) atoms.